The van der Waals surface area contributed by atoms with E-state index >= 15 is 0 Å². The lowest BCUT2D eigenvalue weighted by atomic mass is 10.0. The van der Waals surface area contributed by atoms with Gasteiger partial charge in [-0.1, -0.05) is 54.6 Å². The van der Waals surface area contributed by atoms with Crippen molar-refractivity contribution in [1.82, 2.24) is 4.90 Å². The van der Waals surface area contributed by atoms with E-state index in [0.717, 1.165) is 24.1 Å². The van der Waals surface area contributed by atoms with Gasteiger partial charge < -0.3 is 14.8 Å². The standard InChI is InChI=1S/C31H38N2O3/c1-23(2)33(24(3)4)20-9-21-36-30-22-28(17-18-29(30)35-5)32-31(34)19-14-25-12-15-27(16-13-25)26-10-7-6-8-11-26/h6-8,10-19,22-24H,9,20-21H2,1-5H3,(H,32,34)/b19-14+. The van der Waals surface area contributed by atoms with E-state index in [0.29, 0.717) is 35.9 Å². The Kier molecular flexibility index (Phi) is 10.1. The Morgan fingerprint density at radius 1 is 0.889 bits per heavy atom. The first-order valence-electron chi connectivity index (χ1n) is 12.6. The van der Waals surface area contributed by atoms with Crippen molar-refractivity contribution < 1.29 is 14.3 Å². The molecule has 0 aromatic heterocycles. The second-order valence-corrected chi connectivity index (χ2v) is 9.30. The molecule has 1 amide bonds. The van der Waals surface area contributed by atoms with Crippen LogP contribution >= 0.6 is 0 Å². The molecule has 0 atom stereocenters. The molecule has 3 rings (SSSR count). The largest absolute Gasteiger partial charge is 0.493 e. The van der Waals surface area contributed by atoms with Crippen LogP contribution < -0.4 is 14.8 Å². The summed E-state index contributed by atoms with van der Waals surface area (Å²) in [4.78, 5) is 15.0. The molecule has 0 unspecified atom stereocenters. The lowest BCUT2D eigenvalue weighted by Gasteiger charge is -2.30. The molecule has 0 bridgehead atoms. The number of rotatable bonds is 12. The van der Waals surface area contributed by atoms with Gasteiger partial charge in [0.05, 0.1) is 13.7 Å². The van der Waals surface area contributed by atoms with E-state index in [-0.39, 0.29) is 5.91 Å². The number of benzene rings is 3. The van der Waals surface area contributed by atoms with Crippen LogP contribution in [0.15, 0.2) is 78.9 Å². The highest BCUT2D eigenvalue weighted by Crippen LogP contribution is 2.30. The summed E-state index contributed by atoms with van der Waals surface area (Å²) < 4.78 is 11.5. The lowest BCUT2D eigenvalue weighted by molar-refractivity contribution is -0.111. The minimum atomic E-state index is -0.206. The fourth-order valence-corrected chi connectivity index (χ4v) is 4.18. The topological polar surface area (TPSA) is 50.8 Å². The molecule has 190 valence electrons. The number of amides is 1. The second kappa shape index (κ2) is 13.5. The number of anilines is 1. The van der Waals surface area contributed by atoms with Crippen molar-refractivity contribution in [3.8, 4) is 22.6 Å². The van der Waals surface area contributed by atoms with Gasteiger partial charge in [0.25, 0.3) is 0 Å². The molecule has 0 aliphatic rings. The van der Waals surface area contributed by atoms with Gasteiger partial charge >= 0.3 is 0 Å². The molecular formula is C31H38N2O3. The van der Waals surface area contributed by atoms with Gasteiger partial charge in [-0.3, -0.25) is 9.69 Å². The predicted molar refractivity (Wildman–Crippen MR) is 150 cm³/mol. The number of ether oxygens (including phenoxy) is 2. The molecule has 0 heterocycles. The van der Waals surface area contributed by atoms with Gasteiger partial charge in [-0.2, -0.15) is 0 Å². The van der Waals surface area contributed by atoms with Crippen molar-refractivity contribution in [2.24, 2.45) is 0 Å². The second-order valence-electron chi connectivity index (χ2n) is 9.30. The van der Waals surface area contributed by atoms with Crippen LogP contribution in [0.3, 0.4) is 0 Å². The van der Waals surface area contributed by atoms with E-state index in [1.165, 1.54) is 11.6 Å². The predicted octanol–water partition coefficient (Wildman–Crippen LogP) is 6.90. The monoisotopic (exact) mass is 486 g/mol. The maximum atomic E-state index is 12.5. The number of methoxy groups -OCH3 is 1. The highest BCUT2D eigenvalue weighted by Gasteiger charge is 2.13. The van der Waals surface area contributed by atoms with Crippen molar-refractivity contribution >= 4 is 17.7 Å². The first-order chi connectivity index (χ1) is 17.4. The third-order valence-corrected chi connectivity index (χ3v) is 6.02. The zero-order valence-electron chi connectivity index (χ0n) is 22.0. The van der Waals surface area contributed by atoms with Gasteiger partial charge in [-0.05, 0) is 69.0 Å². The summed E-state index contributed by atoms with van der Waals surface area (Å²) in [6, 6.07) is 24.8. The normalized spacial score (nSPS) is 11.4. The van der Waals surface area contributed by atoms with E-state index in [1.807, 2.05) is 48.5 Å². The van der Waals surface area contributed by atoms with Crippen LogP contribution in [0.25, 0.3) is 17.2 Å². The molecule has 0 aliphatic carbocycles. The molecule has 0 spiro atoms. The average Bonchev–Trinajstić information content (AvgIpc) is 2.88. The maximum absolute atomic E-state index is 12.5. The Bertz CT molecular complexity index is 1110. The molecule has 0 aliphatic heterocycles. The number of carbonyl (C=O) groups excluding carboxylic acids is 1. The molecule has 0 fully saturated rings. The van der Waals surface area contributed by atoms with Crippen LogP contribution in [0.5, 0.6) is 11.5 Å². The number of nitrogens with one attached hydrogen (secondary N) is 1. The molecule has 0 saturated carbocycles. The Morgan fingerprint density at radius 2 is 1.56 bits per heavy atom. The van der Waals surface area contributed by atoms with E-state index < -0.39 is 0 Å². The fraction of sp³-hybridized carbons (Fsp3) is 0.323. The van der Waals surface area contributed by atoms with Crippen LogP contribution in [-0.4, -0.2) is 43.2 Å². The zero-order valence-corrected chi connectivity index (χ0v) is 22.0. The quantitative estimate of drug-likeness (QED) is 0.223. The number of hydrogen-bond donors (Lipinski definition) is 1. The molecule has 0 saturated heterocycles. The van der Waals surface area contributed by atoms with Crippen LogP contribution in [0, 0.1) is 0 Å². The lowest BCUT2D eigenvalue weighted by Crippen LogP contribution is -2.38. The fourth-order valence-electron chi connectivity index (χ4n) is 4.18. The summed E-state index contributed by atoms with van der Waals surface area (Å²) in [6.07, 6.45) is 4.25. The molecule has 3 aromatic carbocycles. The molecule has 1 N–H and O–H groups in total. The van der Waals surface area contributed by atoms with E-state index in [2.05, 4.69) is 62.2 Å². The van der Waals surface area contributed by atoms with Gasteiger partial charge in [0, 0.05) is 36.5 Å². The molecular weight excluding hydrogens is 448 g/mol. The van der Waals surface area contributed by atoms with Crippen molar-refractivity contribution in [3.63, 3.8) is 0 Å². The molecule has 0 radical (unpaired) electrons. The molecule has 36 heavy (non-hydrogen) atoms. The molecule has 3 aromatic rings. The zero-order chi connectivity index (χ0) is 25.9. The highest BCUT2D eigenvalue weighted by molar-refractivity contribution is 6.02. The molecule has 5 heteroatoms. The highest BCUT2D eigenvalue weighted by atomic mass is 16.5. The van der Waals surface area contributed by atoms with E-state index in [1.54, 1.807) is 13.2 Å². The summed E-state index contributed by atoms with van der Waals surface area (Å²) in [7, 11) is 1.62. The van der Waals surface area contributed by atoms with Gasteiger partial charge in [0.2, 0.25) is 5.91 Å². The minimum absolute atomic E-state index is 0.206. The SMILES string of the molecule is COc1ccc(NC(=O)/C=C/c2ccc(-c3ccccc3)cc2)cc1OCCCN(C(C)C)C(C)C. The van der Waals surface area contributed by atoms with Gasteiger partial charge in [-0.25, -0.2) is 0 Å². The van der Waals surface area contributed by atoms with E-state index in [9.17, 15) is 4.79 Å². The van der Waals surface area contributed by atoms with Crippen molar-refractivity contribution in [3.05, 3.63) is 84.4 Å². The van der Waals surface area contributed by atoms with Crippen molar-refractivity contribution in [1.29, 1.82) is 0 Å². The number of hydrogen-bond acceptors (Lipinski definition) is 4. The van der Waals surface area contributed by atoms with Gasteiger partial charge in [-0.15, -0.1) is 0 Å². The van der Waals surface area contributed by atoms with Gasteiger partial charge in [0.1, 0.15) is 0 Å². The van der Waals surface area contributed by atoms with Crippen LogP contribution in [0.1, 0.15) is 39.7 Å². The van der Waals surface area contributed by atoms with Crippen LogP contribution in [-0.2, 0) is 4.79 Å². The Morgan fingerprint density at radius 3 is 2.19 bits per heavy atom. The Balaban J connectivity index is 1.56. The first kappa shape index (κ1) is 27.0. The maximum Gasteiger partial charge on any atom is 0.248 e. The summed E-state index contributed by atoms with van der Waals surface area (Å²) in [5.41, 5.74) is 3.93. The number of nitrogens with zero attached hydrogens (tertiary/aromatic N) is 1. The Hall–Kier alpha value is -3.57. The van der Waals surface area contributed by atoms with Crippen LogP contribution in [0.2, 0.25) is 0 Å². The van der Waals surface area contributed by atoms with E-state index in [4.69, 9.17) is 9.47 Å². The summed E-state index contributed by atoms with van der Waals surface area (Å²) in [5.74, 6) is 1.06. The summed E-state index contributed by atoms with van der Waals surface area (Å²) in [6.45, 7) is 10.4. The van der Waals surface area contributed by atoms with Crippen molar-refractivity contribution in [2.45, 2.75) is 46.2 Å². The third kappa shape index (κ3) is 7.99. The third-order valence-electron chi connectivity index (χ3n) is 6.02. The van der Waals surface area contributed by atoms with Gasteiger partial charge in [0.15, 0.2) is 11.5 Å². The first-order valence-corrected chi connectivity index (χ1v) is 12.6. The number of carbonyl (C=O) groups is 1. The summed E-state index contributed by atoms with van der Waals surface area (Å²) in [5, 5.41) is 2.91. The summed E-state index contributed by atoms with van der Waals surface area (Å²) >= 11 is 0. The minimum Gasteiger partial charge on any atom is -0.493 e. The molecule has 5 nitrogen and oxygen atoms in total. The van der Waals surface area contributed by atoms with Crippen LogP contribution in [0.4, 0.5) is 5.69 Å². The van der Waals surface area contributed by atoms with Crippen molar-refractivity contribution in [2.75, 3.05) is 25.6 Å². The average molecular weight is 487 g/mol. The smallest absolute Gasteiger partial charge is 0.248 e. The Labute approximate surface area is 215 Å².